The summed E-state index contributed by atoms with van der Waals surface area (Å²) in [5, 5.41) is 6.69. The highest BCUT2D eigenvalue weighted by atomic mass is 127. The minimum absolute atomic E-state index is 0. The molecule has 1 unspecified atom stereocenters. The third kappa shape index (κ3) is 12.0. The quantitative estimate of drug-likeness (QED) is 0.233. The number of piperidine rings is 1. The van der Waals surface area contributed by atoms with E-state index < -0.39 is 0 Å². The van der Waals surface area contributed by atoms with Crippen LogP contribution in [0.25, 0.3) is 0 Å². The molecule has 138 valence electrons. The summed E-state index contributed by atoms with van der Waals surface area (Å²) in [5.74, 6) is 1.61. The maximum atomic E-state index is 5.45. The molecule has 1 fully saturated rings. The van der Waals surface area contributed by atoms with Gasteiger partial charge in [-0.25, -0.2) is 0 Å². The lowest BCUT2D eigenvalue weighted by atomic mass is 9.99. The van der Waals surface area contributed by atoms with E-state index in [9.17, 15) is 0 Å². The minimum atomic E-state index is 0. The molecule has 0 radical (unpaired) electrons. The van der Waals surface area contributed by atoms with E-state index in [2.05, 4.69) is 29.5 Å². The van der Waals surface area contributed by atoms with Crippen molar-refractivity contribution in [3.05, 3.63) is 0 Å². The average molecular weight is 442 g/mol. The molecule has 1 saturated heterocycles. The van der Waals surface area contributed by atoms with Crippen molar-refractivity contribution in [2.75, 3.05) is 66.7 Å². The molecule has 0 aromatic rings. The van der Waals surface area contributed by atoms with Crippen LogP contribution in [0.3, 0.4) is 0 Å². The molecule has 6 nitrogen and oxygen atoms in total. The Hall–Kier alpha value is -0.120. The van der Waals surface area contributed by atoms with Crippen molar-refractivity contribution in [1.82, 2.24) is 15.5 Å². The van der Waals surface area contributed by atoms with Crippen LogP contribution in [0.15, 0.2) is 4.99 Å². The molecule has 0 spiro atoms. The third-order valence-electron chi connectivity index (χ3n) is 3.76. The molecular formula is C16H35IN4O2. The largest absolute Gasteiger partial charge is 0.382 e. The van der Waals surface area contributed by atoms with Crippen LogP contribution in [0.1, 0.15) is 26.2 Å². The zero-order valence-electron chi connectivity index (χ0n) is 15.0. The molecule has 1 atom stereocenters. The van der Waals surface area contributed by atoms with E-state index in [1.165, 1.54) is 19.4 Å². The zero-order valence-corrected chi connectivity index (χ0v) is 17.3. The smallest absolute Gasteiger partial charge is 0.191 e. The Morgan fingerprint density at radius 2 is 2.09 bits per heavy atom. The van der Waals surface area contributed by atoms with Gasteiger partial charge in [0.2, 0.25) is 0 Å². The van der Waals surface area contributed by atoms with Gasteiger partial charge < -0.3 is 25.0 Å². The molecule has 1 aliphatic heterocycles. The predicted octanol–water partition coefficient (Wildman–Crippen LogP) is 1.55. The second-order valence-corrected chi connectivity index (χ2v) is 5.88. The van der Waals surface area contributed by atoms with Crippen molar-refractivity contribution >= 4 is 29.9 Å². The van der Waals surface area contributed by atoms with Crippen LogP contribution < -0.4 is 10.6 Å². The number of hydrogen-bond acceptors (Lipinski definition) is 4. The summed E-state index contributed by atoms with van der Waals surface area (Å²) in [6, 6.07) is 0. The summed E-state index contributed by atoms with van der Waals surface area (Å²) in [6.45, 7) is 9.24. The molecule has 2 N–H and O–H groups in total. The molecule has 0 aromatic carbocycles. The van der Waals surface area contributed by atoms with Gasteiger partial charge in [-0.2, -0.15) is 0 Å². The van der Waals surface area contributed by atoms with Crippen molar-refractivity contribution in [2.45, 2.75) is 26.2 Å². The molecular weight excluding hydrogens is 407 g/mol. The van der Waals surface area contributed by atoms with Gasteiger partial charge in [0, 0.05) is 39.9 Å². The van der Waals surface area contributed by atoms with E-state index in [0.717, 1.165) is 45.2 Å². The number of nitrogens with zero attached hydrogens (tertiary/aromatic N) is 2. The topological polar surface area (TPSA) is 58.1 Å². The lowest BCUT2D eigenvalue weighted by Gasteiger charge is -2.28. The van der Waals surface area contributed by atoms with Gasteiger partial charge in [0.25, 0.3) is 0 Å². The first-order valence-electron chi connectivity index (χ1n) is 8.53. The number of methoxy groups -OCH3 is 1. The Kier molecular flexibility index (Phi) is 15.3. The zero-order chi connectivity index (χ0) is 16.0. The highest BCUT2D eigenvalue weighted by molar-refractivity contribution is 14.0. The summed E-state index contributed by atoms with van der Waals surface area (Å²) in [7, 11) is 3.89. The number of rotatable bonds is 10. The highest BCUT2D eigenvalue weighted by Crippen LogP contribution is 2.14. The SMILES string of the molecule is CCNC(=NCC1CCCN(C)C1)NCCCOCCOC.I. The summed E-state index contributed by atoms with van der Waals surface area (Å²) >= 11 is 0. The number of hydrogen-bond donors (Lipinski definition) is 2. The van der Waals surface area contributed by atoms with Crippen LogP contribution >= 0.6 is 24.0 Å². The van der Waals surface area contributed by atoms with Crippen molar-refractivity contribution in [2.24, 2.45) is 10.9 Å². The van der Waals surface area contributed by atoms with Crippen molar-refractivity contribution in [3.63, 3.8) is 0 Å². The van der Waals surface area contributed by atoms with E-state index in [1.54, 1.807) is 7.11 Å². The monoisotopic (exact) mass is 442 g/mol. The van der Waals surface area contributed by atoms with E-state index in [4.69, 9.17) is 14.5 Å². The van der Waals surface area contributed by atoms with Gasteiger partial charge >= 0.3 is 0 Å². The van der Waals surface area contributed by atoms with Gasteiger partial charge in [-0.1, -0.05) is 0 Å². The molecule has 0 aromatic heterocycles. The molecule has 0 amide bonds. The fourth-order valence-corrected chi connectivity index (χ4v) is 2.61. The Bertz CT molecular complexity index is 306. The van der Waals surface area contributed by atoms with Crippen LogP contribution in [0.5, 0.6) is 0 Å². The number of likely N-dealkylation sites (tertiary alicyclic amines) is 1. The fraction of sp³-hybridized carbons (Fsp3) is 0.938. The summed E-state index contributed by atoms with van der Waals surface area (Å²) < 4.78 is 10.4. The number of ether oxygens (including phenoxy) is 2. The highest BCUT2D eigenvalue weighted by Gasteiger charge is 2.16. The summed E-state index contributed by atoms with van der Waals surface area (Å²) in [5.41, 5.74) is 0. The van der Waals surface area contributed by atoms with Gasteiger partial charge in [-0.3, -0.25) is 4.99 Å². The van der Waals surface area contributed by atoms with Crippen molar-refractivity contribution in [1.29, 1.82) is 0 Å². The van der Waals surface area contributed by atoms with Crippen molar-refractivity contribution in [3.8, 4) is 0 Å². The third-order valence-corrected chi connectivity index (χ3v) is 3.76. The van der Waals surface area contributed by atoms with Crippen molar-refractivity contribution < 1.29 is 9.47 Å². The van der Waals surface area contributed by atoms with Crippen LogP contribution in [0.2, 0.25) is 0 Å². The number of aliphatic imine (C=N–C) groups is 1. The molecule has 0 bridgehead atoms. The number of halogens is 1. The first-order chi connectivity index (χ1) is 10.8. The van der Waals surface area contributed by atoms with E-state index >= 15 is 0 Å². The van der Waals surface area contributed by atoms with Gasteiger partial charge in [-0.05, 0) is 45.7 Å². The Labute approximate surface area is 158 Å². The standard InChI is InChI=1S/C16H34N4O2.HI/c1-4-17-16(18-8-6-10-22-12-11-21-3)19-13-15-7-5-9-20(2)14-15;/h15H,4-14H2,1-3H3,(H2,17,18,19);1H. The minimum Gasteiger partial charge on any atom is -0.382 e. The van der Waals surface area contributed by atoms with E-state index in [1.807, 2.05) is 0 Å². The second kappa shape index (κ2) is 15.4. The Morgan fingerprint density at radius 1 is 1.26 bits per heavy atom. The number of guanidine groups is 1. The first kappa shape index (κ1) is 22.9. The van der Waals surface area contributed by atoms with Gasteiger partial charge in [0.15, 0.2) is 5.96 Å². The molecule has 7 heteroatoms. The molecule has 1 rings (SSSR count). The summed E-state index contributed by atoms with van der Waals surface area (Å²) in [6.07, 6.45) is 3.56. The summed E-state index contributed by atoms with van der Waals surface area (Å²) in [4.78, 5) is 7.13. The van der Waals surface area contributed by atoms with Crippen LogP contribution in [0.4, 0.5) is 0 Å². The van der Waals surface area contributed by atoms with Gasteiger partial charge in [0.1, 0.15) is 0 Å². The van der Waals surface area contributed by atoms with Crippen LogP contribution in [-0.2, 0) is 9.47 Å². The second-order valence-electron chi connectivity index (χ2n) is 5.88. The van der Waals surface area contributed by atoms with Crippen LogP contribution in [0, 0.1) is 5.92 Å². The molecule has 1 aliphatic rings. The van der Waals surface area contributed by atoms with Gasteiger partial charge in [0.05, 0.1) is 13.2 Å². The molecule has 1 heterocycles. The Morgan fingerprint density at radius 3 is 2.78 bits per heavy atom. The Balaban J connectivity index is 0.00000484. The maximum Gasteiger partial charge on any atom is 0.191 e. The van der Waals surface area contributed by atoms with Gasteiger partial charge in [-0.15, -0.1) is 24.0 Å². The van der Waals surface area contributed by atoms with E-state index in [-0.39, 0.29) is 24.0 Å². The fourth-order valence-electron chi connectivity index (χ4n) is 2.61. The lowest BCUT2D eigenvalue weighted by Crippen LogP contribution is -2.39. The normalized spacial score (nSPS) is 19.3. The predicted molar refractivity (Wildman–Crippen MR) is 107 cm³/mol. The average Bonchev–Trinajstić information content (AvgIpc) is 2.51. The molecule has 0 aliphatic carbocycles. The lowest BCUT2D eigenvalue weighted by molar-refractivity contribution is 0.0698. The van der Waals surface area contributed by atoms with E-state index in [0.29, 0.717) is 19.1 Å². The maximum absolute atomic E-state index is 5.45. The molecule has 0 saturated carbocycles. The number of nitrogens with one attached hydrogen (secondary N) is 2. The van der Waals surface area contributed by atoms with Crippen LogP contribution in [-0.4, -0.2) is 77.6 Å². The molecule has 23 heavy (non-hydrogen) atoms. The first-order valence-corrected chi connectivity index (χ1v) is 8.53.